The van der Waals surface area contributed by atoms with E-state index in [1.165, 1.54) is 23.8 Å². The summed E-state index contributed by atoms with van der Waals surface area (Å²) < 4.78 is 5.37. The first-order valence-electron chi connectivity index (χ1n) is 10.1. The lowest BCUT2D eigenvalue weighted by molar-refractivity contribution is -0.152. The zero-order valence-corrected chi connectivity index (χ0v) is 20.9. The lowest BCUT2D eigenvalue weighted by Gasteiger charge is -2.48. The number of likely N-dealkylation sites (N-methyl/N-ethyl adjacent to an activating group) is 1. The van der Waals surface area contributed by atoms with Gasteiger partial charge in [-0.1, -0.05) is 19.0 Å². The van der Waals surface area contributed by atoms with Crippen LogP contribution in [0.5, 0.6) is 0 Å². The number of nitrogens with one attached hydrogen (secondary N) is 1. The number of fused-ring (bicyclic) bond motifs is 1. The minimum absolute atomic E-state index is 0. The average molecular weight is 519 g/mol. The van der Waals surface area contributed by atoms with E-state index in [0.717, 1.165) is 24.4 Å². The van der Waals surface area contributed by atoms with Gasteiger partial charge in [0.25, 0.3) is 11.8 Å². The molecule has 11 nitrogen and oxygen atoms in total. The van der Waals surface area contributed by atoms with Gasteiger partial charge in [-0.15, -0.1) is 35.5 Å². The number of hydrogen-bond donors (Lipinski definition) is 2. The summed E-state index contributed by atoms with van der Waals surface area (Å²) in [7, 11) is 1.30. The zero-order valence-electron chi connectivity index (χ0n) is 18.5. The number of nitrogen functional groups attached to an aromatic ring is 1. The number of carbonyl (C=O) groups excluding carboxylic acids is 3. The van der Waals surface area contributed by atoms with E-state index in [-0.39, 0.29) is 41.2 Å². The third-order valence-corrected chi connectivity index (χ3v) is 6.90. The summed E-state index contributed by atoms with van der Waals surface area (Å²) >= 11 is 2.60. The second-order valence-corrected chi connectivity index (χ2v) is 8.87. The van der Waals surface area contributed by atoms with Crippen molar-refractivity contribution >= 4 is 64.1 Å². The van der Waals surface area contributed by atoms with Gasteiger partial charge in [0.1, 0.15) is 36.5 Å². The Bertz CT molecular complexity index is 936. The van der Waals surface area contributed by atoms with Gasteiger partial charge in [0, 0.05) is 17.7 Å². The second kappa shape index (κ2) is 12.2. The molecule has 3 heterocycles. The molecular formula is C19H27ClN6O5S2. The molecule has 3 rings (SSSR count). The Morgan fingerprint density at radius 2 is 2.12 bits per heavy atom. The normalized spacial score (nSPS) is 19.8. The largest absolute Gasteiger partial charge is 0.460 e. The molecule has 0 radical (unpaired) electrons. The fourth-order valence-electron chi connectivity index (χ4n) is 3.31. The van der Waals surface area contributed by atoms with Crippen LogP contribution < -0.4 is 11.1 Å². The van der Waals surface area contributed by atoms with Crippen LogP contribution in [0.25, 0.3) is 0 Å². The molecule has 1 saturated heterocycles. The molecule has 0 spiro atoms. The first-order valence-corrected chi connectivity index (χ1v) is 12.0. The first-order chi connectivity index (χ1) is 15.4. The number of nitrogens with zero attached hydrogens (tertiary/aromatic N) is 4. The number of anilines is 1. The average Bonchev–Trinajstić information content (AvgIpc) is 3.23. The van der Waals surface area contributed by atoms with E-state index in [1.54, 1.807) is 11.5 Å². The van der Waals surface area contributed by atoms with Gasteiger partial charge in [0.2, 0.25) is 0 Å². The van der Waals surface area contributed by atoms with Crippen molar-refractivity contribution < 1.29 is 24.0 Å². The SMILES string of the molecule is CCN(CC)CCOC(=O)C1=CCS[C@@H]2[C@H](NC(=O)/C(=N\OC)c3csc(N)n3)C(=O)N12.Cl. The van der Waals surface area contributed by atoms with Gasteiger partial charge in [-0.05, 0) is 19.2 Å². The maximum atomic E-state index is 12.8. The lowest BCUT2D eigenvalue weighted by atomic mass is 10.0. The fourth-order valence-corrected chi connectivity index (χ4v) is 5.05. The molecule has 2 aliphatic heterocycles. The smallest absolute Gasteiger partial charge is 0.354 e. The summed E-state index contributed by atoms with van der Waals surface area (Å²) in [5, 5.41) is 7.83. The number of oxime groups is 1. The molecule has 0 bridgehead atoms. The third kappa shape index (κ3) is 5.96. The highest BCUT2D eigenvalue weighted by Gasteiger charge is 2.53. The van der Waals surface area contributed by atoms with Crippen molar-refractivity contribution in [1.82, 2.24) is 20.1 Å². The minimum atomic E-state index is -0.808. The van der Waals surface area contributed by atoms with Gasteiger partial charge in [-0.25, -0.2) is 9.78 Å². The number of thiazole rings is 1. The molecule has 2 aliphatic rings. The molecule has 0 unspecified atom stereocenters. The van der Waals surface area contributed by atoms with Crippen molar-refractivity contribution in [2.45, 2.75) is 25.3 Å². The number of carbonyl (C=O) groups is 3. The van der Waals surface area contributed by atoms with E-state index >= 15 is 0 Å². The quantitative estimate of drug-likeness (QED) is 0.198. The second-order valence-electron chi connectivity index (χ2n) is 6.83. The van der Waals surface area contributed by atoms with E-state index in [1.807, 2.05) is 13.8 Å². The highest BCUT2D eigenvalue weighted by Crippen LogP contribution is 2.37. The summed E-state index contributed by atoms with van der Waals surface area (Å²) in [5.41, 5.74) is 6.01. The van der Waals surface area contributed by atoms with Crippen molar-refractivity contribution in [3.8, 4) is 0 Å². The van der Waals surface area contributed by atoms with Crippen molar-refractivity contribution in [1.29, 1.82) is 0 Å². The standard InChI is InChI=1S/C19H26N6O5S2.ClH/c1-4-24(5-2)7-8-30-18(28)12-6-9-31-17-14(16(27)25(12)17)22-15(26)13(23-29-3)11-10-32-19(20)21-11;/h6,10,14,17H,4-5,7-9H2,1-3H3,(H2,20,21)(H,22,26);1H/b23-13-;/t14-,17-;/m1./s1. The van der Waals surface area contributed by atoms with Crippen molar-refractivity contribution in [2.24, 2.45) is 5.16 Å². The Hall–Kier alpha value is -2.35. The predicted octanol–water partition coefficient (Wildman–Crippen LogP) is 0.666. The van der Waals surface area contributed by atoms with Gasteiger partial charge >= 0.3 is 5.97 Å². The Labute approximate surface area is 206 Å². The van der Waals surface area contributed by atoms with Gasteiger partial charge < -0.3 is 25.5 Å². The number of nitrogens with two attached hydrogens (primary N) is 1. The Morgan fingerprint density at radius 3 is 2.73 bits per heavy atom. The van der Waals surface area contributed by atoms with E-state index in [4.69, 9.17) is 15.3 Å². The number of aromatic nitrogens is 1. The maximum Gasteiger partial charge on any atom is 0.354 e. The summed E-state index contributed by atoms with van der Waals surface area (Å²) in [6.07, 6.45) is 1.67. The van der Waals surface area contributed by atoms with Crippen LogP contribution in [0.2, 0.25) is 0 Å². The number of esters is 1. The zero-order chi connectivity index (χ0) is 23.3. The van der Waals surface area contributed by atoms with Crippen molar-refractivity contribution in [3.63, 3.8) is 0 Å². The first kappa shape index (κ1) is 26.9. The Kier molecular flexibility index (Phi) is 9.95. The van der Waals surface area contributed by atoms with Crippen LogP contribution in [0.3, 0.4) is 0 Å². The number of hydrogen-bond acceptors (Lipinski definition) is 11. The predicted molar refractivity (Wildman–Crippen MR) is 129 cm³/mol. The van der Waals surface area contributed by atoms with Crippen LogP contribution in [0, 0.1) is 0 Å². The molecule has 182 valence electrons. The molecular weight excluding hydrogens is 492 g/mol. The number of halogens is 1. The molecule has 3 N–H and O–H groups in total. The molecule has 14 heteroatoms. The van der Waals surface area contributed by atoms with Crippen molar-refractivity contribution in [2.75, 3.05) is 44.8 Å². The van der Waals surface area contributed by atoms with Crippen LogP contribution in [-0.2, 0) is 24.0 Å². The van der Waals surface area contributed by atoms with Gasteiger partial charge in [-0.3, -0.25) is 14.5 Å². The molecule has 1 aromatic rings. The van der Waals surface area contributed by atoms with E-state index in [2.05, 4.69) is 20.4 Å². The van der Waals surface area contributed by atoms with Crippen LogP contribution in [0.4, 0.5) is 5.13 Å². The number of thioether (sulfide) groups is 1. The number of amides is 2. The summed E-state index contributed by atoms with van der Waals surface area (Å²) in [4.78, 5) is 50.4. The monoisotopic (exact) mass is 518 g/mol. The van der Waals surface area contributed by atoms with Gasteiger partial charge in [0.15, 0.2) is 10.8 Å². The van der Waals surface area contributed by atoms with Gasteiger partial charge in [0.05, 0.1) is 0 Å². The molecule has 0 aromatic carbocycles. The fraction of sp³-hybridized carbons (Fsp3) is 0.526. The Morgan fingerprint density at radius 1 is 1.39 bits per heavy atom. The molecule has 33 heavy (non-hydrogen) atoms. The molecule has 2 amide bonds. The molecule has 2 atom stereocenters. The topological polar surface area (TPSA) is 139 Å². The van der Waals surface area contributed by atoms with Crippen LogP contribution >= 0.6 is 35.5 Å². The third-order valence-electron chi connectivity index (χ3n) is 5.04. The van der Waals surface area contributed by atoms with Crippen molar-refractivity contribution in [3.05, 3.63) is 22.8 Å². The maximum absolute atomic E-state index is 12.8. The summed E-state index contributed by atoms with van der Waals surface area (Å²) in [6, 6.07) is -0.808. The molecule has 1 fully saturated rings. The van der Waals surface area contributed by atoms with E-state index < -0.39 is 29.2 Å². The van der Waals surface area contributed by atoms with E-state index in [0.29, 0.717) is 12.3 Å². The molecule has 0 saturated carbocycles. The van der Waals surface area contributed by atoms with Crippen LogP contribution in [0.1, 0.15) is 19.5 Å². The number of β-lactam (4-membered cyclic amide) rings is 1. The highest BCUT2D eigenvalue weighted by atomic mass is 35.5. The number of rotatable bonds is 10. The van der Waals surface area contributed by atoms with Gasteiger partial charge in [-0.2, -0.15) is 0 Å². The number of ether oxygens (including phenoxy) is 1. The van der Waals surface area contributed by atoms with Crippen LogP contribution in [-0.4, -0.2) is 88.8 Å². The minimum Gasteiger partial charge on any atom is -0.460 e. The van der Waals surface area contributed by atoms with Crippen LogP contribution in [0.15, 0.2) is 22.3 Å². The summed E-state index contributed by atoms with van der Waals surface area (Å²) in [5.74, 6) is -1.03. The summed E-state index contributed by atoms with van der Waals surface area (Å²) in [6.45, 7) is 6.67. The highest BCUT2D eigenvalue weighted by molar-refractivity contribution is 8.00. The van der Waals surface area contributed by atoms with E-state index in [9.17, 15) is 14.4 Å². The lowest BCUT2D eigenvalue weighted by Crippen LogP contribution is -2.70. The Balaban J connectivity index is 0.00000385. The molecule has 1 aromatic heterocycles. The molecule has 0 aliphatic carbocycles.